The van der Waals surface area contributed by atoms with Gasteiger partial charge in [-0.15, -0.1) is 0 Å². The minimum atomic E-state index is -0.470. The monoisotopic (exact) mass is 219 g/mol. The van der Waals surface area contributed by atoms with Crippen LogP contribution in [0.4, 0.5) is 4.39 Å². The Morgan fingerprint density at radius 2 is 2.38 bits per heavy atom. The largest absolute Gasteiger partial charge is 0.366 e. The summed E-state index contributed by atoms with van der Waals surface area (Å²) in [5, 5.41) is 0. The fourth-order valence-corrected chi connectivity index (χ4v) is 2.32. The van der Waals surface area contributed by atoms with Crippen molar-refractivity contribution in [1.82, 2.24) is 0 Å². The van der Waals surface area contributed by atoms with Crippen LogP contribution in [0.5, 0.6) is 0 Å². The van der Waals surface area contributed by atoms with Crippen LogP contribution in [0.25, 0.3) is 5.57 Å². The topological polar surface area (TPSA) is 43.1 Å². The SMILES string of the molecule is CCC1CC(=CC(N)=O)c2cc(F)ccc21. The molecule has 0 saturated carbocycles. The molecule has 3 heteroatoms. The van der Waals surface area contributed by atoms with Gasteiger partial charge in [-0.3, -0.25) is 4.79 Å². The van der Waals surface area contributed by atoms with Gasteiger partial charge >= 0.3 is 0 Å². The average molecular weight is 219 g/mol. The number of hydrogen-bond acceptors (Lipinski definition) is 1. The second-order valence-corrected chi connectivity index (χ2v) is 4.11. The third-order valence-electron chi connectivity index (χ3n) is 3.08. The van der Waals surface area contributed by atoms with Crippen LogP contribution in [-0.2, 0) is 4.79 Å². The Kier molecular flexibility index (Phi) is 2.77. The number of amides is 1. The van der Waals surface area contributed by atoms with Gasteiger partial charge in [-0.1, -0.05) is 13.0 Å². The summed E-state index contributed by atoms with van der Waals surface area (Å²) in [6.07, 6.45) is 3.17. The molecular weight excluding hydrogens is 205 g/mol. The van der Waals surface area contributed by atoms with E-state index in [9.17, 15) is 9.18 Å². The van der Waals surface area contributed by atoms with Crippen molar-refractivity contribution in [3.8, 4) is 0 Å². The van der Waals surface area contributed by atoms with E-state index < -0.39 is 5.91 Å². The summed E-state index contributed by atoms with van der Waals surface area (Å²) in [4.78, 5) is 10.9. The van der Waals surface area contributed by atoms with Gasteiger partial charge in [0.1, 0.15) is 5.82 Å². The van der Waals surface area contributed by atoms with E-state index in [2.05, 4.69) is 6.92 Å². The van der Waals surface area contributed by atoms with E-state index in [4.69, 9.17) is 5.73 Å². The number of nitrogens with two attached hydrogens (primary N) is 1. The second kappa shape index (κ2) is 4.08. The Bertz CT molecular complexity index is 465. The van der Waals surface area contributed by atoms with Crippen LogP contribution in [-0.4, -0.2) is 5.91 Å². The Labute approximate surface area is 94.0 Å². The number of allylic oxidation sites excluding steroid dienone is 1. The van der Waals surface area contributed by atoms with E-state index in [1.165, 1.54) is 18.2 Å². The molecule has 2 N–H and O–H groups in total. The zero-order valence-corrected chi connectivity index (χ0v) is 9.16. The van der Waals surface area contributed by atoms with Crippen LogP contribution in [0.1, 0.15) is 36.8 Å². The molecule has 0 saturated heterocycles. The van der Waals surface area contributed by atoms with E-state index in [1.807, 2.05) is 0 Å². The first-order chi connectivity index (χ1) is 7.61. The van der Waals surface area contributed by atoms with Gasteiger partial charge in [-0.25, -0.2) is 4.39 Å². The summed E-state index contributed by atoms with van der Waals surface area (Å²) in [5.41, 5.74) is 7.96. The van der Waals surface area contributed by atoms with Crippen molar-refractivity contribution in [2.45, 2.75) is 25.7 Å². The van der Waals surface area contributed by atoms with Crippen molar-refractivity contribution in [3.05, 3.63) is 41.2 Å². The van der Waals surface area contributed by atoms with Crippen molar-refractivity contribution in [2.75, 3.05) is 0 Å². The maximum atomic E-state index is 13.2. The smallest absolute Gasteiger partial charge is 0.241 e. The highest BCUT2D eigenvalue weighted by Gasteiger charge is 2.25. The fourth-order valence-electron chi connectivity index (χ4n) is 2.32. The highest BCUT2D eigenvalue weighted by atomic mass is 19.1. The fraction of sp³-hybridized carbons (Fsp3) is 0.308. The van der Waals surface area contributed by atoms with Gasteiger partial charge in [0.15, 0.2) is 0 Å². The van der Waals surface area contributed by atoms with Crippen LogP contribution in [0.2, 0.25) is 0 Å². The molecule has 2 rings (SSSR count). The predicted octanol–water partition coefficient (Wildman–Crippen LogP) is 2.59. The highest BCUT2D eigenvalue weighted by molar-refractivity contribution is 5.95. The molecule has 0 aromatic heterocycles. The number of carbonyl (C=O) groups is 1. The Morgan fingerprint density at radius 1 is 1.62 bits per heavy atom. The number of primary amides is 1. The lowest BCUT2D eigenvalue weighted by atomic mass is 9.99. The first kappa shape index (κ1) is 10.9. The molecule has 1 aromatic carbocycles. The Balaban J connectivity index is 2.51. The van der Waals surface area contributed by atoms with Crippen molar-refractivity contribution in [3.63, 3.8) is 0 Å². The lowest BCUT2D eigenvalue weighted by Gasteiger charge is -2.06. The lowest BCUT2D eigenvalue weighted by Crippen LogP contribution is -2.06. The van der Waals surface area contributed by atoms with Crippen LogP contribution >= 0.6 is 0 Å². The molecule has 0 spiro atoms. The first-order valence-corrected chi connectivity index (χ1v) is 5.41. The number of halogens is 1. The standard InChI is InChI=1S/C13H14FNO/c1-2-8-5-9(6-13(15)16)12-7-10(14)3-4-11(8)12/h3-4,6-8H,2,5H2,1H3,(H2,15,16). The number of hydrogen-bond donors (Lipinski definition) is 1. The zero-order chi connectivity index (χ0) is 11.7. The summed E-state index contributed by atoms with van der Waals surface area (Å²) in [5.74, 6) is -0.367. The number of rotatable bonds is 2. The molecule has 0 fully saturated rings. The molecule has 0 radical (unpaired) electrons. The van der Waals surface area contributed by atoms with Crippen LogP contribution < -0.4 is 5.73 Å². The average Bonchev–Trinajstić information content (AvgIpc) is 2.55. The molecule has 1 aliphatic rings. The van der Waals surface area contributed by atoms with Crippen molar-refractivity contribution < 1.29 is 9.18 Å². The van der Waals surface area contributed by atoms with Crippen LogP contribution in [0.3, 0.4) is 0 Å². The molecule has 1 aromatic rings. The van der Waals surface area contributed by atoms with Gasteiger partial charge in [0.2, 0.25) is 5.91 Å². The number of carbonyl (C=O) groups excluding carboxylic acids is 1. The maximum Gasteiger partial charge on any atom is 0.241 e. The van der Waals surface area contributed by atoms with Gasteiger partial charge in [0.25, 0.3) is 0 Å². The quantitative estimate of drug-likeness (QED) is 0.763. The van der Waals surface area contributed by atoms with E-state index in [0.717, 1.165) is 29.5 Å². The van der Waals surface area contributed by atoms with E-state index in [-0.39, 0.29) is 5.82 Å². The maximum absolute atomic E-state index is 13.2. The molecule has 84 valence electrons. The van der Waals surface area contributed by atoms with E-state index in [1.54, 1.807) is 6.07 Å². The van der Waals surface area contributed by atoms with Gasteiger partial charge in [0.05, 0.1) is 0 Å². The third-order valence-corrected chi connectivity index (χ3v) is 3.08. The molecular formula is C13H14FNO. The molecule has 0 bridgehead atoms. The van der Waals surface area contributed by atoms with Crippen LogP contribution in [0.15, 0.2) is 24.3 Å². The van der Waals surface area contributed by atoms with E-state index in [0.29, 0.717) is 5.92 Å². The highest BCUT2D eigenvalue weighted by Crippen LogP contribution is 2.42. The minimum Gasteiger partial charge on any atom is -0.366 e. The van der Waals surface area contributed by atoms with Gasteiger partial charge in [-0.2, -0.15) is 0 Å². The predicted molar refractivity (Wildman–Crippen MR) is 61.2 cm³/mol. The number of fused-ring (bicyclic) bond motifs is 1. The summed E-state index contributed by atoms with van der Waals surface area (Å²) in [6, 6.07) is 4.76. The Morgan fingerprint density at radius 3 is 3.00 bits per heavy atom. The summed E-state index contributed by atoms with van der Waals surface area (Å²) < 4.78 is 13.2. The molecule has 2 nitrogen and oxygen atoms in total. The molecule has 1 atom stereocenters. The lowest BCUT2D eigenvalue weighted by molar-refractivity contribution is -0.113. The molecule has 1 amide bonds. The zero-order valence-electron chi connectivity index (χ0n) is 9.16. The van der Waals surface area contributed by atoms with Crippen LogP contribution in [0, 0.1) is 5.82 Å². The normalized spacial score (nSPS) is 21.1. The molecule has 0 heterocycles. The summed E-state index contributed by atoms with van der Waals surface area (Å²) in [7, 11) is 0. The van der Waals surface area contributed by atoms with Crippen molar-refractivity contribution >= 4 is 11.5 Å². The molecule has 1 aliphatic carbocycles. The molecule has 16 heavy (non-hydrogen) atoms. The summed E-state index contributed by atoms with van der Waals surface area (Å²) in [6.45, 7) is 2.09. The second-order valence-electron chi connectivity index (χ2n) is 4.11. The van der Waals surface area contributed by atoms with Gasteiger partial charge in [0, 0.05) is 6.08 Å². The van der Waals surface area contributed by atoms with Crippen molar-refractivity contribution in [2.24, 2.45) is 5.73 Å². The number of benzene rings is 1. The minimum absolute atomic E-state index is 0.272. The van der Waals surface area contributed by atoms with Crippen molar-refractivity contribution in [1.29, 1.82) is 0 Å². The summed E-state index contributed by atoms with van der Waals surface area (Å²) >= 11 is 0. The third kappa shape index (κ3) is 1.85. The first-order valence-electron chi connectivity index (χ1n) is 5.41. The Hall–Kier alpha value is -1.64. The van der Waals surface area contributed by atoms with Gasteiger partial charge in [-0.05, 0) is 47.6 Å². The van der Waals surface area contributed by atoms with E-state index >= 15 is 0 Å². The molecule has 1 unspecified atom stereocenters. The molecule has 0 aliphatic heterocycles. The van der Waals surface area contributed by atoms with Gasteiger partial charge < -0.3 is 5.73 Å².